The lowest BCUT2D eigenvalue weighted by Crippen LogP contribution is -2.38. The Morgan fingerprint density at radius 3 is 2.32 bits per heavy atom. The highest BCUT2D eigenvalue weighted by Gasteiger charge is 2.20. The summed E-state index contributed by atoms with van der Waals surface area (Å²) in [5.74, 6) is 0.695. The van der Waals surface area contributed by atoms with E-state index in [0.717, 1.165) is 6.26 Å². The molecule has 0 bridgehead atoms. The molecule has 124 valence electrons. The highest BCUT2D eigenvalue weighted by Crippen LogP contribution is 2.15. The fourth-order valence-corrected chi connectivity index (χ4v) is 2.59. The lowest BCUT2D eigenvalue weighted by atomic mass is 10.1. The third-order valence-electron chi connectivity index (χ3n) is 3.12. The molecule has 1 aromatic rings. The highest BCUT2D eigenvalue weighted by atomic mass is 32.2. The van der Waals surface area contributed by atoms with Crippen molar-refractivity contribution in [2.75, 3.05) is 31.8 Å². The minimum Gasteiger partial charge on any atom is -0.497 e. The van der Waals surface area contributed by atoms with Gasteiger partial charge in [0.25, 0.3) is 0 Å². The van der Waals surface area contributed by atoms with Crippen molar-refractivity contribution in [2.24, 2.45) is 5.92 Å². The molecule has 0 radical (unpaired) electrons. The first-order valence-electron chi connectivity index (χ1n) is 7.11. The molecule has 0 saturated heterocycles. The number of ether oxygens (including phenoxy) is 1. The van der Waals surface area contributed by atoms with Gasteiger partial charge in [-0.2, -0.15) is 4.31 Å². The molecular weight excluding hydrogens is 304 g/mol. The van der Waals surface area contributed by atoms with Gasteiger partial charge in [0.1, 0.15) is 5.75 Å². The standard InChI is InChI=1S/C15H24N2O4S/c1-12(2)9-10-17(22(4,19)20)11-15(18)16-13-5-7-14(21-3)8-6-13/h5-8,12H,9-11H2,1-4H3,(H,16,18). The van der Waals surface area contributed by atoms with Gasteiger partial charge in [-0.3, -0.25) is 4.79 Å². The number of benzene rings is 1. The van der Waals surface area contributed by atoms with Crippen molar-refractivity contribution in [2.45, 2.75) is 20.3 Å². The molecule has 1 aromatic carbocycles. The van der Waals surface area contributed by atoms with Crippen molar-refractivity contribution < 1.29 is 17.9 Å². The van der Waals surface area contributed by atoms with Gasteiger partial charge in [0.15, 0.2) is 0 Å². The monoisotopic (exact) mass is 328 g/mol. The van der Waals surface area contributed by atoms with Gasteiger partial charge >= 0.3 is 0 Å². The average Bonchev–Trinajstić information content (AvgIpc) is 2.42. The summed E-state index contributed by atoms with van der Waals surface area (Å²) in [6.45, 7) is 4.18. The quantitative estimate of drug-likeness (QED) is 0.791. The van der Waals surface area contributed by atoms with E-state index in [1.165, 1.54) is 4.31 Å². The Morgan fingerprint density at radius 1 is 1.27 bits per heavy atom. The molecule has 6 nitrogen and oxygen atoms in total. The second-order valence-corrected chi connectivity index (χ2v) is 7.54. The van der Waals surface area contributed by atoms with E-state index in [1.54, 1.807) is 31.4 Å². The number of carbonyl (C=O) groups excluding carboxylic acids is 1. The molecule has 1 amide bonds. The summed E-state index contributed by atoms with van der Waals surface area (Å²) >= 11 is 0. The number of hydrogen-bond donors (Lipinski definition) is 1. The van der Waals surface area contributed by atoms with Gasteiger partial charge in [-0.25, -0.2) is 8.42 Å². The van der Waals surface area contributed by atoms with Crippen LogP contribution < -0.4 is 10.1 Å². The predicted molar refractivity (Wildman–Crippen MR) is 87.5 cm³/mol. The molecule has 0 aromatic heterocycles. The Morgan fingerprint density at radius 2 is 1.86 bits per heavy atom. The zero-order chi connectivity index (χ0) is 16.8. The van der Waals surface area contributed by atoms with Crippen LogP contribution in [0.5, 0.6) is 5.75 Å². The lowest BCUT2D eigenvalue weighted by molar-refractivity contribution is -0.116. The van der Waals surface area contributed by atoms with Gasteiger partial charge < -0.3 is 10.1 Å². The summed E-state index contributed by atoms with van der Waals surface area (Å²) in [6.07, 6.45) is 1.83. The maximum Gasteiger partial charge on any atom is 0.239 e. The predicted octanol–water partition coefficient (Wildman–Crippen LogP) is 1.94. The lowest BCUT2D eigenvalue weighted by Gasteiger charge is -2.20. The van der Waals surface area contributed by atoms with E-state index >= 15 is 0 Å². The van der Waals surface area contributed by atoms with Crippen LogP contribution in [0.2, 0.25) is 0 Å². The minimum atomic E-state index is -3.41. The molecule has 0 spiro atoms. The summed E-state index contributed by atoms with van der Waals surface area (Å²) in [4.78, 5) is 12.0. The second kappa shape index (κ2) is 8.14. The van der Waals surface area contributed by atoms with Gasteiger partial charge in [0.2, 0.25) is 15.9 Å². The zero-order valence-corrected chi connectivity index (χ0v) is 14.3. The van der Waals surface area contributed by atoms with Gasteiger partial charge in [-0.1, -0.05) is 13.8 Å². The van der Waals surface area contributed by atoms with Crippen molar-refractivity contribution in [3.8, 4) is 5.75 Å². The maximum absolute atomic E-state index is 12.0. The summed E-state index contributed by atoms with van der Waals surface area (Å²) in [7, 11) is -1.84. The molecule has 0 aliphatic heterocycles. The molecule has 0 fully saturated rings. The van der Waals surface area contributed by atoms with Crippen LogP contribution in [0, 0.1) is 5.92 Å². The number of nitrogens with zero attached hydrogens (tertiary/aromatic N) is 1. The third kappa shape index (κ3) is 6.44. The zero-order valence-electron chi connectivity index (χ0n) is 13.5. The number of amides is 1. The highest BCUT2D eigenvalue weighted by molar-refractivity contribution is 7.88. The first-order chi connectivity index (χ1) is 10.2. The summed E-state index contributed by atoms with van der Waals surface area (Å²) in [5, 5.41) is 2.68. The number of anilines is 1. The first-order valence-corrected chi connectivity index (χ1v) is 8.96. The van der Waals surface area contributed by atoms with Crippen LogP contribution in [0.3, 0.4) is 0 Å². The number of rotatable bonds is 8. The van der Waals surface area contributed by atoms with E-state index in [4.69, 9.17) is 4.74 Å². The van der Waals surface area contributed by atoms with E-state index in [0.29, 0.717) is 30.3 Å². The number of nitrogens with one attached hydrogen (secondary N) is 1. The summed E-state index contributed by atoms with van der Waals surface area (Å²) in [5.41, 5.74) is 0.600. The summed E-state index contributed by atoms with van der Waals surface area (Å²) < 4.78 is 29.7. The van der Waals surface area contributed by atoms with Gasteiger partial charge in [-0.05, 0) is 36.6 Å². The van der Waals surface area contributed by atoms with Gasteiger partial charge in [0.05, 0.1) is 19.9 Å². The van der Waals surface area contributed by atoms with Crippen LogP contribution in [0.15, 0.2) is 24.3 Å². The van der Waals surface area contributed by atoms with Crippen LogP contribution in [-0.2, 0) is 14.8 Å². The second-order valence-electron chi connectivity index (χ2n) is 5.56. The molecule has 0 aliphatic carbocycles. The first kappa shape index (κ1) is 18.4. The Labute approximate surface area is 132 Å². The normalized spacial score (nSPS) is 11.7. The molecule has 1 rings (SSSR count). The van der Waals surface area contributed by atoms with Gasteiger partial charge in [0, 0.05) is 12.2 Å². The van der Waals surface area contributed by atoms with Crippen LogP contribution in [0.25, 0.3) is 0 Å². The molecule has 22 heavy (non-hydrogen) atoms. The van der Waals surface area contributed by atoms with Crippen LogP contribution in [-0.4, -0.2) is 45.1 Å². The van der Waals surface area contributed by atoms with Crippen LogP contribution in [0.4, 0.5) is 5.69 Å². The van der Waals surface area contributed by atoms with E-state index in [9.17, 15) is 13.2 Å². The number of sulfonamides is 1. The molecular formula is C15H24N2O4S. The van der Waals surface area contributed by atoms with Crippen molar-refractivity contribution in [3.05, 3.63) is 24.3 Å². The molecule has 0 atom stereocenters. The molecule has 0 heterocycles. The van der Waals surface area contributed by atoms with Crippen molar-refractivity contribution in [1.82, 2.24) is 4.31 Å². The van der Waals surface area contributed by atoms with Crippen molar-refractivity contribution in [1.29, 1.82) is 0 Å². The van der Waals surface area contributed by atoms with E-state index in [2.05, 4.69) is 5.32 Å². The smallest absolute Gasteiger partial charge is 0.239 e. The number of hydrogen-bond acceptors (Lipinski definition) is 4. The van der Waals surface area contributed by atoms with E-state index in [-0.39, 0.29) is 12.5 Å². The molecule has 1 N–H and O–H groups in total. The average molecular weight is 328 g/mol. The Kier molecular flexibility index (Phi) is 6.83. The molecule has 7 heteroatoms. The maximum atomic E-state index is 12.0. The fraction of sp³-hybridized carbons (Fsp3) is 0.533. The van der Waals surface area contributed by atoms with Crippen LogP contribution >= 0.6 is 0 Å². The Balaban J connectivity index is 2.65. The summed E-state index contributed by atoms with van der Waals surface area (Å²) in [6, 6.07) is 6.86. The minimum absolute atomic E-state index is 0.183. The van der Waals surface area contributed by atoms with Crippen molar-refractivity contribution in [3.63, 3.8) is 0 Å². The largest absolute Gasteiger partial charge is 0.497 e. The third-order valence-corrected chi connectivity index (χ3v) is 4.37. The van der Waals surface area contributed by atoms with E-state index < -0.39 is 10.0 Å². The van der Waals surface area contributed by atoms with Crippen LogP contribution in [0.1, 0.15) is 20.3 Å². The number of carbonyl (C=O) groups is 1. The van der Waals surface area contributed by atoms with Gasteiger partial charge in [-0.15, -0.1) is 0 Å². The fourth-order valence-electron chi connectivity index (χ4n) is 1.80. The number of methoxy groups -OCH3 is 1. The molecule has 0 saturated carbocycles. The Hall–Kier alpha value is -1.60. The topological polar surface area (TPSA) is 75.7 Å². The molecule has 0 aliphatic rings. The Bertz CT molecular complexity index is 582. The van der Waals surface area contributed by atoms with E-state index in [1.807, 2.05) is 13.8 Å². The SMILES string of the molecule is COc1ccc(NC(=O)CN(CCC(C)C)S(C)(=O)=O)cc1. The van der Waals surface area contributed by atoms with Crippen molar-refractivity contribution >= 4 is 21.6 Å². The molecule has 0 unspecified atom stereocenters.